The van der Waals surface area contributed by atoms with Crippen molar-refractivity contribution in [3.63, 3.8) is 0 Å². The molecule has 0 aliphatic heterocycles. The Hall–Kier alpha value is -1.98. The van der Waals surface area contributed by atoms with Crippen molar-refractivity contribution in [2.24, 2.45) is 16.3 Å². The smallest absolute Gasteiger partial charge is 0.234 e. The van der Waals surface area contributed by atoms with Crippen LogP contribution in [0.2, 0.25) is 0 Å². The van der Waals surface area contributed by atoms with Crippen LogP contribution in [0.1, 0.15) is 45.3 Å². The van der Waals surface area contributed by atoms with Crippen molar-refractivity contribution in [2.45, 2.75) is 46.1 Å². The second kappa shape index (κ2) is 7.57. The fraction of sp³-hybridized carbons (Fsp3) is 0.571. The van der Waals surface area contributed by atoms with Gasteiger partial charge in [0, 0.05) is 0 Å². The number of oxime groups is 1. The summed E-state index contributed by atoms with van der Waals surface area (Å²) in [5, 5.41) is 14.9. The molecule has 20 heavy (non-hydrogen) atoms. The molecule has 6 nitrogen and oxygen atoms in total. The maximum Gasteiger partial charge on any atom is 0.234 e. The summed E-state index contributed by atoms with van der Waals surface area (Å²) in [5.74, 6) is 0.408. The van der Waals surface area contributed by atoms with Gasteiger partial charge in [0.25, 0.3) is 0 Å². The molecule has 0 saturated carbocycles. The van der Waals surface area contributed by atoms with E-state index < -0.39 is 5.41 Å². The van der Waals surface area contributed by atoms with Crippen molar-refractivity contribution in [3.05, 3.63) is 24.2 Å². The van der Waals surface area contributed by atoms with Crippen molar-refractivity contribution < 1.29 is 14.4 Å². The van der Waals surface area contributed by atoms with Crippen LogP contribution in [0.3, 0.4) is 0 Å². The Bertz CT molecular complexity index is 435. The van der Waals surface area contributed by atoms with Crippen molar-refractivity contribution in [1.82, 2.24) is 5.32 Å². The molecule has 0 radical (unpaired) electrons. The highest BCUT2D eigenvalue weighted by molar-refractivity contribution is 6.06. The molecule has 112 valence electrons. The van der Waals surface area contributed by atoms with Gasteiger partial charge in [-0.15, -0.1) is 0 Å². The molecule has 0 aromatic carbocycles. The summed E-state index contributed by atoms with van der Waals surface area (Å²) in [6.45, 7) is 4.23. The Balaban J connectivity index is 2.87. The van der Waals surface area contributed by atoms with E-state index in [1.807, 2.05) is 13.8 Å². The van der Waals surface area contributed by atoms with Crippen LogP contribution in [-0.4, -0.2) is 17.0 Å². The summed E-state index contributed by atoms with van der Waals surface area (Å²) < 4.78 is 5.18. The van der Waals surface area contributed by atoms with Gasteiger partial charge in [0.1, 0.15) is 11.2 Å². The summed E-state index contributed by atoms with van der Waals surface area (Å²) in [4.78, 5) is 12.5. The zero-order valence-electron chi connectivity index (χ0n) is 12.1. The van der Waals surface area contributed by atoms with Crippen LogP contribution in [0.5, 0.6) is 0 Å². The Morgan fingerprint density at radius 2 is 2.10 bits per heavy atom. The molecule has 0 aliphatic carbocycles. The molecular formula is C14H23N3O3. The van der Waals surface area contributed by atoms with Gasteiger partial charge in [-0.05, 0) is 25.0 Å². The Labute approximate surface area is 119 Å². The molecule has 0 bridgehead atoms. The lowest BCUT2D eigenvalue weighted by Gasteiger charge is -2.30. The Kier molecular flexibility index (Phi) is 6.09. The van der Waals surface area contributed by atoms with Crippen molar-refractivity contribution in [3.8, 4) is 0 Å². The number of nitrogens with one attached hydrogen (secondary N) is 1. The zero-order valence-corrected chi connectivity index (χ0v) is 12.1. The van der Waals surface area contributed by atoms with Gasteiger partial charge < -0.3 is 20.7 Å². The van der Waals surface area contributed by atoms with Crippen molar-refractivity contribution >= 4 is 11.7 Å². The molecule has 0 saturated heterocycles. The number of hydrogen-bond acceptors (Lipinski definition) is 4. The molecule has 1 heterocycles. The third-order valence-corrected chi connectivity index (χ3v) is 3.39. The molecule has 0 unspecified atom stereocenters. The third kappa shape index (κ3) is 3.53. The highest BCUT2D eigenvalue weighted by Gasteiger charge is 2.41. The number of carbonyl (C=O) groups excluding carboxylic acids is 1. The first-order valence-corrected chi connectivity index (χ1v) is 6.89. The lowest BCUT2D eigenvalue weighted by atomic mass is 9.77. The normalized spacial score (nSPS) is 12.4. The van der Waals surface area contributed by atoms with E-state index >= 15 is 0 Å². The number of nitrogens with zero attached hydrogens (tertiary/aromatic N) is 1. The molecule has 0 fully saturated rings. The summed E-state index contributed by atoms with van der Waals surface area (Å²) >= 11 is 0. The first kappa shape index (κ1) is 16.1. The topological polar surface area (TPSA) is 101 Å². The van der Waals surface area contributed by atoms with Crippen LogP contribution in [-0.2, 0) is 11.3 Å². The maximum absolute atomic E-state index is 12.5. The van der Waals surface area contributed by atoms with Gasteiger partial charge in [-0.2, -0.15) is 0 Å². The van der Waals surface area contributed by atoms with E-state index in [1.54, 1.807) is 18.4 Å². The Morgan fingerprint density at radius 3 is 2.55 bits per heavy atom. The van der Waals surface area contributed by atoms with E-state index in [2.05, 4.69) is 10.5 Å². The molecule has 1 aromatic rings. The summed E-state index contributed by atoms with van der Waals surface area (Å²) in [5.41, 5.74) is 4.84. The summed E-state index contributed by atoms with van der Waals surface area (Å²) in [6, 6.07) is 3.54. The largest absolute Gasteiger partial charge is 0.467 e. The van der Waals surface area contributed by atoms with Gasteiger partial charge in [0.15, 0.2) is 5.84 Å². The molecule has 6 heteroatoms. The van der Waals surface area contributed by atoms with Gasteiger partial charge >= 0.3 is 0 Å². The van der Waals surface area contributed by atoms with Crippen LogP contribution < -0.4 is 11.1 Å². The van der Waals surface area contributed by atoms with Gasteiger partial charge in [0.2, 0.25) is 5.91 Å². The number of carbonyl (C=O) groups is 1. The highest BCUT2D eigenvalue weighted by Crippen LogP contribution is 2.31. The van der Waals surface area contributed by atoms with E-state index in [4.69, 9.17) is 15.4 Å². The quantitative estimate of drug-likeness (QED) is 0.294. The minimum atomic E-state index is -0.954. The van der Waals surface area contributed by atoms with Crippen LogP contribution >= 0.6 is 0 Å². The molecule has 1 aromatic heterocycles. The molecule has 0 aliphatic rings. The van der Waals surface area contributed by atoms with Crippen molar-refractivity contribution in [2.75, 3.05) is 0 Å². The minimum absolute atomic E-state index is 0.0295. The number of amides is 1. The number of hydrogen-bond donors (Lipinski definition) is 3. The second-order valence-electron chi connectivity index (χ2n) is 4.83. The highest BCUT2D eigenvalue weighted by atomic mass is 16.4. The van der Waals surface area contributed by atoms with E-state index in [1.165, 1.54) is 0 Å². The van der Waals surface area contributed by atoms with E-state index in [-0.39, 0.29) is 11.7 Å². The van der Waals surface area contributed by atoms with Gasteiger partial charge in [-0.3, -0.25) is 4.79 Å². The van der Waals surface area contributed by atoms with Crippen LogP contribution in [0.25, 0.3) is 0 Å². The van der Waals surface area contributed by atoms with Crippen LogP contribution in [0, 0.1) is 5.41 Å². The minimum Gasteiger partial charge on any atom is -0.467 e. The summed E-state index contributed by atoms with van der Waals surface area (Å²) in [7, 11) is 0. The predicted molar refractivity (Wildman–Crippen MR) is 76.2 cm³/mol. The molecule has 1 rings (SSSR count). The number of furan rings is 1. The van der Waals surface area contributed by atoms with E-state index in [9.17, 15) is 4.79 Å². The van der Waals surface area contributed by atoms with Gasteiger partial charge in [0.05, 0.1) is 12.8 Å². The van der Waals surface area contributed by atoms with Crippen molar-refractivity contribution in [1.29, 1.82) is 0 Å². The average Bonchev–Trinajstić information content (AvgIpc) is 2.96. The first-order valence-electron chi connectivity index (χ1n) is 6.89. The monoisotopic (exact) mass is 281 g/mol. The van der Waals surface area contributed by atoms with Gasteiger partial charge in [-0.1, -0.05) is 31.8 Å². The number of rotatable bonds is 8. The van der Waals surface area contributed by atoms with Gasteiger partial charge in [-0.25, -0.2) is 0 Å². The maximum atomic E-state index is 12.5. The van der Waals surface area contributed by atoms with Crippen LogP contribution in [0.4, 0.5) is 0 Å². The zero-order chi connectivity index (χ0) is 15.0. The predicted octanol–water partition coefficient (Wildman–Crippen LogP) is 2.23. The molecular weight excluding hydrogens is 258 g/mol. The first-order chi connectivity index (χ1) is 9.60. The lowest BCUT2D eigenvalue weighted by Crippen LogP contribution is -2.49. The van der Waals surface area contributed by atoms with E-state index in [0.29, 0.717) is 25.1 Å². The molecule has 1 amide bonds. The SMILES string of the molecule is CCCC(CCC)(C(=O)NCc1ccco1)C(N)=NO. The lowest BCUT2D eigenvalue weighted by molar-refractivity contribution is -0.128. The number of amidine groups is 1. The fourth-order valence-electron chi connectivity index (χ4n) is 2.42. The number of nitrogens with two attached hydrogens (primary N) is 1. The van der Waals surface area contributed by atoms with E-state index in [0.717, 1.165) is 12.8 Å². The molecule has 0 spiro atoms. The molecule has 0 atom stereocenters. The summed E-state index contributed by atoms with van der Waals surface area (Å²) in [6.07, 6.45) is 4.17. The fourth-order valence-corrected chi connectivity index (χ4v) is 2.42. The second-order valence-corrected chi connectivity index (χ2v) is 4.83. The average molecular weight is 281 g/mol. The molecule has 4 N–H and O–H groups in total. The Morgan fingerprint density at radius 1 is 1.45 bits per heavy atom. The standard InChI is InChI=1S/C14H23N3O3/c1-3-7-14(8-4-2,12(15)17-19)13(18)16-10-11-6-5-9-20-11/h5-6,9,19H,3-4,7-8,10H2,1-2H3,(H2,15,17)(H,16,18). The third-order valence-electron chi connectivity index (χ3n) is 3.39. The van der Waals surface area contributed by atoms with Crippen LogP contribution in [0.15, 0.2) is 28.0 Å².